The average Bonchev–Trinajstić information content (AvgIpc) is 2.80. The predicted octanol–water partition coefficient (Wildman–Crippen LogP) is 3.59. The fourth-order valence-electron chi connectivity index (χ4n) is 4.37. The van der Waals surface area contributed by atoms with Crippen LogP contribution in [0.25, 0.3) is 10.9 Å². The molecule has 1 aromatic carbocycles. The molecule has 0 spiro atoms. The lowest BCUT2D eigenvalue weighted by atomic mass is 9.74. The Balaban J connectivity index is 1.75. The number of nitrogens with zero attached hydrogens (tertiary/aromatic N) is 2. The van der Waals surface area contributed by atoms with E-state index in [0.717, 1.165) is 10.9 Å². The summed E-state index contributed by atoms with van der Waals surface area (Å²) >= 11 is 0. The fourth-order valence-corrected chi connectivity index (χ4v) is 4.37. The number of benzene rings is 1. The van der Waals surface area contributed by atoms with Crippen LogP contribution in [0.3, 0.4) is 0 Å². The summed E-state index contributed by atoms with van der Waals surface area (Å²) in [6, 6.07) is 9.02. The van der Waals surface area contributed by atoms with Gasteiger partial charge in [0.2, 0.25) is 0 Å². The highest BCUT2D eigenvalue weighted by molar-refractivity contribution is 5.80. The molecule has 0 aliphatic carbocycles. The molecule has 0 bridgehead atoms. The van der Waals surface area contributed by atoms with Crippen molar-refractivity contribution >= 4 is 23.0 Å². The van der Waals surface area contributed by atoms with Crippen LogP contribution in [0.2, 0.25) is 0 Å². The van der Waals surface area contributed by atoms with E-state index in [4.69, 9.17) is 14.2 Å². The molecule has 0 N–H and O–H groups in total. The first kappa shape index (κ1) is 23.6. The summed E-state index contributed by atoms with van der Waals surface area (Å²) in [6.07, 6.45) is 1.90. The van der Waals surface area contributed by atoms with Gasteiger partial charge in [-0.3, -0.25) is 9.59 Å². The van der Waals surface area contributed by atoms with E-state index in [1.54, 1.807) is 42.6 Å². The van der Waals surface area contributed by atoms with E-state index in [-0.39, 0.29) is 17.6 Å². The number of amides is 1. The number of piperidine rings is 1. The van der Waals surface area contributed by atoms with Gasteiger partial charge in [0.25, 0.3) is 5.56 Å². The van der Waals surface area contributed by atoms with Crippen molar-refractivity contribution < 1.29 is 23.8 Å². The molecule has 32 heavy (non-hydrogen) atoms. The third kappa shape index (κ3) is 5.06. The van der Waals surface area contributed by atoms with Crippen LogP contribution in [0.15, 0.2) is 35.1 Å². The van der Waals surface area contributed by atoms with Crippen LogP contribution < -0.4 is 10.3 Å². The summed E-state index contributed by atoms with van der Waals surface area (Å²) in [7, 11) is 1.60. The summed E-state index contributed by atoms with van der Waals surface area (Å²) in [6.45, 7) is 5.57. The second-order valence-corrected chi connectivity index (χ2v) is 8.04. The Bertz CT molecular complexity index is 1010. The summed E-state index contributed by atoms with van der Waals surface area (Å²) in [5.41, 5.74) is 0.0532. The molecule has 8 nitrogen and oxygen atoms in total. The highest BCUT2D eigenvalue weighted by atomic mass is 16.6. The van der Waals surface area contributed by atoms with Gasteiger partial charge in [-0.15, -0.1) is 0 Å². The zero-order chi connectivity index (χ0) is 23.1. The van der Waals surface area contributed by atoms with Gasteiger partial charge in [-0.2, -0.15) is 0 Å². The molecule has 0 atom stereocenters. The summed E-state index contributed by atoms with van der Waals surface area (Å²) < 4.78 is 17.5. The first-order chi connectivity index (χ1) is 15.4. The minimum absolute atomic E-state index is 0.0898. The zero-order valence-electron chi connectivity index (χ0n) is 19.1. The number of methoxy groups -OCH3 is 1. The Morgan fingerprint density at radius 1 is 1.03 bits per heavy atom. The Morgan fingerprint density at radius 3 is 2.38 bits per heavy atom. The lowest BCUT2D eigenvalue weighted by Crippen LogP contribution is -2.47. The van der Waals surface area contributed by atoms with E-state index in [9.17, 15) is 14.4 Å². The Hall–Kier alpha value is -3.03. The molecule has 8 heteroatoms. The highest BCUT2D eigenvalue weighted by Gasteiger charge is 2.43. The minimum Gasteiger partial charge on any atom is -0.497 e. The van der Waals surface area contributed by atoms with E-state index in [1.165, 1.54) is 0 Å². The average molecular weight is 445 g/mol. The molecule has 1 aliphatic heterocycles. The van der Waals surface area contributed by atoms with Crippen LogP contribution in [0.4, 0.5) is 4.79 Å². The molecular formula is C24H32N2O6. The van der Waals surface area contributed by atoms with Crippen molar-refractivity contribution in [1.82, 2.24) is 9.47 Å². The fraction of sp³-hybridized carbons (Fsp3) is 0.542. The first-order valence-corrected chi connectivity index (χ1v) is 11.2. The van der Waals surface area contributed by atoms with Crippen molar-refractivity contribution in [3.05, 3.63) is 40.7 Å². The standard InChI is InChI=1S/C24H32N2O6/c1-4-31-22(28)24(12-15-25(16-13-24)23(29)32-5-2)11-6-14-26-20-17-19(30-3)9-7-18(20)8-10-21(26)27/h7-10,17H,4-6,11-16H2,1-3H3. The quantitative estimate of drug-likeness (QED) is 0.579. The number of hydrogen-bond acceptors (Lipinski definition) is 6. The SMILES string of the molecule is CCOC(=O)N1CCC(CCCn2c(=O)ccc3ccc(OC)cc32)(C(=O)OCC)CC1. The maximum absolute atomic E-state index is 12.9. The number of aryl methyl sites for hydroxylation is 1. The smallest absolute Gasteiger partial charge is 0.409 e. The van der Waals surface area contributed by atoms with Crippen LogP contribution in [-0.4, -0.2) is 54.9 Å². The largest absolute Gasteiger partial charge is 0.497 e. The summed E-state index contributed by atoms with van der Waals surface area (Å²) in [4.78, 5) is 39.2. The van der Waals surface area contributed by atoms with Crippen molar-refractivity contribution in [2.75, 3.05) is 33.4 Å². The maximum Gasteiger partial charge on any atom is 0.409 e. The number of rotatable bonds is 8. The predicted molar refractivity (Wildman–Crippen MR) is 121 cm³/mol. The van der Waals surface area contributed by atoms with Crippen molar-refractivity contribution in [3.8, 4) is 5.75 Å². The number of fused-ring (bicyclic) bond motifs is 1. The van der Waals surface area contributed by atoms with Gasteiger partial charge in [-0.05, 0) is 63.1 Å². The summed E-state index contributed by atoms with van der Waals surface area (Å²) in [5.74, 6) is 0.460. The van der Waals surface area contributed by atoms with Gasteiger partial charge in [0, 0.05) is 31.8 Å². The molecule has 1 fully saturated rings. The molecule has 2 heterocycles. The Labute approximate surface area is 188 Å². The van der Waals surface area contributed by atoms with Crippen molar-refractivity contribution in [2.45, 2.75) is 46.1 Å². The molecule has 0 unspecified atom stereocenters. The van der Waals surface area contributed by atoms with Gasteiger partial charge in [-0.1, -0.05) is 0 Å². The number of hydrogen-bond donors (Lipinski definition) is 0. The molecular weight excluding hydrogens is 412 g/mol. The number of carbonyl (C=O) groups excluding carboxylic acids is 2. The highest BCUT2D eigenvalue weighted by Crippen LogP contribution is 2.38. The monoisotopic (exact) mass is 444 g/mol. The van der Waals surface area contributed by atoms with E-state index < -0.39 is 5.41 Å². The van der Waals surface area contributed by atoms with Crippen molar-refractivity contribution in [3.63, 3.8) is 0 Å². The minimum atomic E-state index is -0.662. The topological polar surface area (TPSA) is 87.1 Å². The molecule has 1 aromatic heterocycles. The van der Waals surface area contributed by atoms with Gasteiger partial charge in [0.15, 0.2) is 0 Å². The zero-order valence-corrected chi connectivity index (χ0v) is 19.1. The number of pyridine rings is 1. The number of aromatic nitrogens is 1. The normalized spacial score (nSPS) is 15.4. The van der Waals surface area contributed by atoms with E-state index in [0.29, 0.717) is 64.3 Å². The van der Waals surface area contributed by atoms with Crippen LogP contribution in [0.1, 0.15) is 39.5 Å². The van der Waals surface area contributed by atoms with Crippen molar-refractivity contribution in [1.29, 1.82) is 0 Å². The molecule has 0 saturated carbocycles. The number of likely N-dealkylation sites (tertiary alicyclic amines) is 1. The van der Waals surface area contributed by atoms with Crippen molar-refractivity contribution in [2.24, 2.45) is 5.41 Å². The molecule has 174 valence electrons. The first-order valence-electron chi connectivity index (χ1n) is 11.2. The lowest BCUT2D eigenvalue weighted by Gasteiger charge is -2.39. The third-order valence-electron chi connectivity index (χ3n) is 6.19. The molecule has 1 amide bonds. The molecule has 1 aliphatic rings. The summed E-state index contributed by atoms with van der Waals surface area (Å²) in [5, 5.41) is 0.952. The second kappa shape index (κ2) is 10.5. The van der Waals surface area contributed by atoms with Gasteiger partial charge in [-0.25, -0.2) is 4.79 Å². The van der Waals surface area contributed by atoms with Gasteiger partial charge < -0.3 is 23.7 Å². The number of carbonyl (C=O) groups is 2. The Morgan fingerprint density at radius 2 is 1.72 bits per heavy atom. The second-order valence-electron chi connectivity index (χ2n) is 8.04. The van der Waals surface area contributed by atoms with E-state index >= 15 is 0 Å². The maximum atomic E-state index is 12.9. The molecule has 2 aromatic rings. The van der Waals surface area contributed by atoms with Crippen LogP contribution >= 0.6 is 0 Å². The molecule has 3 rings (SSSR count). The molecule has 1 saturated heterocycles. The van der Waals surface area contributed by atoms with Crippen LogP contribution in [-0.2, 0) is 20.8 Å². The van der Waals surface area contributed by atoms with Gasteiger partial charge in [0.05, 0.1) is 31.3 Å². The Kier molecular flexibility index (Phi) is 7.77. The van der Waals surface area contributed by atoms with E-state index in [2.05, 4.69) is 0 Å². The number of esters is 1. The third-order valence-corrected chi connectivity index (χ3v) is 6.19. The molecule has 0 radical (unpaired) electrons. The number of ether oxygens (including phenoxy) is 3. The lowest BCUT2D eigenvalue weighted by molar-refractivity contribution is -0.159. The van der Waals surface area contributed by atoms with Gasteiger partial charge in [0.1, 0.15) is 5.75 Å². The van der Waals surface area contributed by atoms with E-state index in [1.807, 2.05) is 18.2 Å². The van der Waals surface area contributed by atoms with Gasteiger partial charge >= 0.3 is 12.1 Å². The van der Waals surface area contributed by atoms with Crippen LogP contribution in [0.5, 0.6) is 5.75 Å². The van der Waals surface area contributed by atoms with Crippen LogP contribution in [0, 0.1) is 5.41 Å².